The SMILES string of the molecule is FCc1cn2ccnc2cn1. The maximum atomic E-state index is 12.1. The summed E-state index contributed by atoms with van der Waals surface area (Å²) >= 11 is 0. The van der Waals surface area contributed by atoms with Crippen LogP contribution in [0.1, 0.15) is 5.69 Å². The largest absolute Gasteiger partial charge is 0.304 e. The van der Waals surface area contributed by atoms with Crippen LogP contribution in [0.5, 0.6) is 0 Å². The molecule has 2 aromatic rings. The van der Waals surface area contributed by atoms with E-state index in [0.717, 1.165) is 5.65 Å². The second-order valence-electron chi connectivity index (χ2n) is 2.20. The topological polar surface area (TPSA) is 30.2 Å². The second-order valence-corrected chi connectivity index (χ2v) is 2.20. The van der Waals surface area contributed by atoms with Crippen LogP contribution in [0.3, 0.4) is 0 Å². The molecule has 3 nitrogen and oxygen atoms in total. The number of hydrogen-bond acceptors (Lipinski definition) is 2. The molecule has 0 spiro atoms. The van der Waals surface area contributed by atoms with Crippen LogP contribution in [0.2, 0.25) is 0 Å². The minimum Gasteiger partial charge on any atom is -0.304 e. The minimum atomic E-state index is -0.534. The molecule has 0 aliphatic carbocycles. The van der Waals surface area contributed by atoms with Crippen molar-refractivity contribution in [2.75, 3.05) is 0 Å². The predicted molar refractivity (Wildman–Crippen MR) is 37.8 cm³/mol. The maximum Gasteiger partial charge on any atom is 0.155 e. The lowest BCUT2D eigenvalue weighted by Gasteiger charge is -1.94. The molecule has 56 valence electrons. The molecule has 0 unspecified atom stereocenters. The normalized spacial score (nSPS) is 10.6. The van der Waals surface area contributed by atoms with Crippen molar-refractivity contribution in [2.24, 2.45) is 0 Å². The van der Waals surface area contributed by atoms with Crippen LogP contribution in [-0.2, 0) is 6.67 Å². The fourth-order valence-corrected chi connectivity index (χ4v) is 0.937. The summed E-state index contributed by atoms with van der Waals surface area (Å²) in [6.07, 6.45) is 6.59. The van der Waals surface area contributed by atoms with Gasteiger partial charge in [0.15, 0.2) is 5.65 Å². The lowest BCUT2D eigenvalue weighted by atomic mass is 10.5. The summed E-state index contributed by atoms with van der Waals surface area (Å²) in [5.74, 6) is 0. The van der Waals surface area contributed by atoms with E-state index in [4.69, 9.17) is 0 Å². The van der Waals surface area contributed by atoms with E-state index in [9.17, 15) is 4.39 Å². The first kappa shape index (κ1) is 6.27. The van der Waals surface area contributed by atoms with Gasteiger partial charge in [-0.2, -0.15) is 0 Å². The number of imidazole rings is 1. The summed E-state index contributed by atoms with van der Waals surface area (Å²) in [7, 11) is 0. The Hall–Kier alpha value is -1.45. The number of aromatic nitrogens is 3. The molecule has 0 amide bonds. The lowest BCUT2D eigenvalue weighted by Crippen LogP contribution is -1.90. The van der Waals surface area contributed by atoms with Gasteiger partial charge in [-0.3, -0.25) is 4.98 Å². The van der Waals surface area contributed by atoms with E-state index < -0.39 is 6.67 Å². The first-order valence-corrected chi connectivity index (χ1v) is 3.24. The van der Waals surface area contributed by atoms with Crippen molar-refractivity contribution in [1.29, 1.82) is 0 Å². The fourth-order valence-electron chi connectivity index (χ4n) is 0.937. The molecule has 0 fully saturated rings. The number of hydrogen-bond donors (Lipinski definition) is 0. The highest BCUT2D eigenvalue weighted by atomic mass is 19.1. The molecule has 0 aliphatic rings. The van der Waals surface area contributed by atoms with Gasteiger partial charge in [0, 0.05) is 18.6 Å². The monoisotopic (exact) mass is 151 g/mol. The Morgan fingerprint density at radius 3 is 3.18 bits per heavy atom. The average Bonchev–Trinajstić information content (AvgIpc) is 2.50. The van der Waals surface area contributed by atoms with Gasteiger partial charge in [0.25, 0.3) is 0 Å². The molecule has 0 saturated carbocycles. The van der Waals surface area contributed by atoms with Crippen molar-refractivity contribution < 1.29 is 4.39 Å². The highest BCUT2D eigenvalue weighted by Crippen LogP contribution is 2.01. The predicted octanol–water partition coefficient (Wildman–Crippen LogP) is 1.20. The van der Waals surface area contributed by atoms with Crippen molar-refractivity contribution in [3.63, 3.8) is 0 Å². The summed E-state index contributed by atoms with van der Waals surface area (Å²) in [6.45, 7) is -0.534. The lowest BCUT2D eigenvalue weighted by molar-refractivity contribution is 0.474. The van der Waals surface area contributed by atoms with Crippen LogP contribution < -0.4 is 0 Å². The first-order valence-electron chi connectivity index (χ1n) is 3.24. The number of halogens is 1. The third kappa shape index (κ3) is 0.960. The van der Waals surface area contributed by atoms with Gasteiger partial charge in [-0.05, 0) is 0 Å². The van der Waals surface area contributed by atoms with Crippen molar-refractivity contribution in [2.45, 2.75) is 6.67 Å². The molecule has 2 aromatic heterocycles. The van der Waals surface area contributed by atoms with Gasteiger partial charge in [0.2, 0.25) is 0 Å². The van der Waals surface area contributed by atoms with Crippen LogP contribution in [0, 0.1) is 0 Å². The summed E-state index contributed by atoms with van der Waals surface area (Å²) < 4.78 is 13.8. The fraction of sp³-hybridized carbons (Fsp3) is 0.143. The Kier molecular flexibility index (Phi) is 1.31. The molecular weight excluding hydrogens is 145 g/mol. The van der Waals surface area contributed by atoms with Gasteiger partial charge in [0.05, 0.1) is 11.9 Å². The summed E-state index contributed by atoms with van der Waals surface area (Å²) in [4.78, 5) is 7.81. The van der Waals surface area contributed by atoms with Gasteiger partial charge < -0.3 is 4.40 Å². The number of rotatable bonds is 1. The number of alkyl halides is 1. The Morgan fingerprint density at radius 1 is 1.45 bits per heavy atom. The van der Waals surface area contributed by atoms with Crippen molar-refractivity contribution in [3.8, 4) is 0 Å². The van der Waals surface area contributed by atoms with E-state index in [1.54, 1.807) is 29.2 Å². The zero-order chi connectivity index (χ0) is 7.68. The summed E-state index contributed by atoms with van der Waals surface area (Å²) in [5.41, 5.74) is 1.16. The van der Waals surface area contributed by atoms with Crippen LogP contribution in [0.15, 0.2) is 24.8 Å². The van der Waals surface area contributed by atoms with Gasteiger partial charge in [-0.15, -0.1) is 0 Å². The highest BCUT2D eigenvalue weighted by Gasteiger charge is 1.95. The molecule has 4 heteroatoms. The third-order valence-corrected chi connectivity index (χ3v) is 1.47. The zero-order valence-electron chi connectivity index (χ0n) is 5.74. The Morgan fingerprint density at radius 2 is 2.36 bits per heavy atom. The molecule has 0 aliphatic heterocycles. The van der Waals surface area contributed by atoms with Crippen LogP contribution in [-0.4, -0.2) is 14.4 Å². The molecule has 0 bridgehead atoms. The maximum absolute atomic E-state index is 12.1. The molecule has 2 heterocycles. The highest BCUT2D eigenvalue weighted by molar-refractivity contribution is 5.34. The van der Waals surface area contributed by atoms with E-state index in [-0.39, 0.29) is 0 Å². The molecule has 0 N–H and O–H groups in total. The van der Waals surface area contributed by atoms with E-state index in [1.807, 2.05) is 0 Å². The van der Waals surface area contributed by atoms with Crippen LogP contribution >= 0.6 is 0 Å². The van der Waals surface area contributed by atoms with E-state index in [1.165, 1.54) is 0 Å². The van der Waals surface area contributed by atoms with Crippen LogP contribution in [0.4, 0.5) is 4.39 Å². The average molecular weight is 151 g/mol. The summed E-state index contributed by atoms with van der Waals surface area (Å²) in [5, 5.41) is 0. The van der Waals surface area contributed by atoms with E-state index >= 15 is 0 Å². The summed E-state index contributed by atoms with van der Waals surface area (Å²) in [6, 6.07) is 0. The molecule has 0 radical (unpaired) electrons. The van der Waals surface area contributed by atoms with E-state index in [0.29, 0.717) is 5.69 Å². The standard InChI is InChI=1S/C7H6FN3/c8-3-6-5-11-2-1-9-7(11)4-10-6/h1-2,4-5H,3H2. The quantitative estimate of drug-likeness (QED) is 0.613. The van der Waals surface area contributed by atoms with E-state index in [2.05, 4.69) is 9.97 Å². The third-order valence-electron chi connectivity index (χ3n) is 1.47. The molecule has 2 rings (SSSR count). The number of nitrogens with zero attached hydrogens (tertiary/aromatic N) is 3. The van der Waals surface area contributed by atoms with Crippen molar-refractivity contribution >= 4 is 5.65 Å². The first-order chi connectivity index (χ1) is 5.40. The molecule has 0 aromatic carbocycles. The molecular formula is C7H6FN3. The molecule has 0 atom stereocenters. The zero-order valence-corrected chi connectivity index (χ0v) is 5.74. The minimum absolute atomic E-state index is 0.426. The Labute approximate surface area is 62.5 Å². The Balaban J connectivity index is 2.67. The van der Waals surface area contributed by atoms with Gasteiger partial charge >= 0.3 is 0 Å². The van der Waals surface area contributed by atoms with Gasteiger partial charge in [0.1, 0.15) is 6.67 Å². The number of fused-ring (bicyclic) bond motifs is 1. The van der Waals surface area contributed by atoms with Gasteiger partial charge in [-0.25, -0.2) is 9.37 Å². The van der Waals surface area contributed by atoms with Crippen molar-refractivity contribution in [1.82, 2.24) is 14.4 Å². The van der Waals surface area contributed by atoms with Gasteiger partial charge in [-0.1, -0.05) is 0 Å². The molecule has 0 saturated heterocycles. The molecule has 11 heavy (non-hydrogen) atoms. The Bertz CT molecular complexity index is 368. The smallest absolute Gasteiger partial charge is 0.155 e. The second kappa shape index (κ2) is 2.30. The van der Waals surface area contributed by atoms with Crippen LogP contribution in [0.25, 0.3) is 5.65 Å². The van der Waals surface area contributed by atoms with Crippen molar-refractivity contribution in [3.05, 3.63) is 30.5 Å².